The summed E-state index contributed by atoms with van der Waals surface area (Å²) in [6.07, 6.45) is 4.76. The molecule has 0 aliphatic heterocycles. The quantitative estimate of drug-likeness (QED) is 0.488. The van der Waals surface area contributed by atoms with Gasteiger partial charge in [-0.1, -0.05) is 48.3 Å². The third kappa shape index (κ3) is 5.66. The lowest BCUT2D eigenvalue weighted by atomic mass is 10.2. The van der Waals surface area contributed by atoms with E-state index < -0.39 is 10.3 Å². The van der Waals surface area contributed by atoms with Gasteiger partial charge in [0.05, 0.1) is 20.3 Å². The van der Waals surface area contributed by atoms with Crippen LogP contribution in [0.2, 0.25) is 0 Å². The average Bonchev–Trinajstić information content (AvgIpc) is 2.59. The summed E-state index contributed by atoms with van der Waals surface area (Å²) in [5.41, 5.74) is 1.08. The third-order valence-corrected chi connectivity index (χ3v) is 5.30. The largest absolute Gasteiger partial charge is 0.493 e. The van der Waals surface area contributed by atoms with Crippen LogP contribution in [0.15, 0.2) is 60.2 Å². The lowest BCUT2D eigenvalue weighted by Crippen LogP contribution is -2.05. The first-order valence-corrected chi connectivity index (χ1v) is 9.18. The van der Waals surface area contributed by atoms with Gasteiger partial charge in [-0.25, -0.2) is 0 Å². The van der Waals surface area contributed by atoms with E-state index in [1.807, 2.05) is 37.3 Å². The average molecular weight is 334 g/mol. The summed E-state index contributed by atoms with van der Waals surface area (Å²) in [6, 6.07) is 5.87. The molecule has 0 unspecified atom stereocenters. The Morgan fingerprint density at radius 2 is 1.74 bits per heavy atom. The minimum atomic E-state index is -1.58. The minimum Gasteiger partial charge on any atom is -0.493 e. The summed E-state index contributed by atoms with van der Waals surface area (Å²) < 4.78 is 17.0. The molecular formula is C19H26O3S. The first-order valence-electron chi connectivity index (χ1n) is 7.43. The van der Waals surface area contributed by atoms with Crippen molar-refractivity contribution in [3.63, 3.8) is 0 Å². The van der Waals surface area contributed by atoms with Gasteiger partial charge >= 0.3 is 0 Å². The van der Waals surface area contributed by atoms with E-state index in [0.717, 1.165) is 23.5 Å². The zero-order chi connectivity index (χ0) is 17.1. The molecule has 0 N–H and O–H groups in total. The number of benzene rings is 1. The zero-order valence-corrected chi connectivity index (χ0v) is 14.8. The van der Waals surface area contributed by atoms with Gasteiger partial charge in [-0.15, -0.1) is 0 Å². The molecule has 23 heavy (non-hydrogen) atoms. The predicted octanol–water partition coefficient (Wildman–Crippen LogP) is 5.66. The molecule has 0 saturated heterocycles. The Morgan fingerprint density at radius 3 is 2.30 bits per heavy atom. The Balaban J connectivity index is 2.51. The minimum absolute atomic E-state index is 0.542. The number of hydrogen-bond acceptors (Lipinski definition) is 3. The molecule has 0 amide bonds. The molecule has 0 atom stereocenters. The molecule has 0 aromatic heterocycles. The van der Waals surface area contributed by atoms with Crippen molar-refractivity contribution in [1.29, 1.82) is 0 Å². The van der Waals surface area contributed by atoms with Crippen molar-refractivity contribution in [2.45, 2.75) is 13.3 Å². The van der Waals surface area contributed by atoms with Crippen molar-refractivity contribution in [3.05, 3.63) is 65.8 Å². The lowest BCUT2D eigenvalue weighted by Gasteiger charge is -2.28. The van der Waals surface area contributed by atoms with Gasteiger partial charge in [0.1, 0.15) is 0 Å². The van der Waals surface area contributed by atoms with Gasteiger partial charge in [0.2, 0.25) is 0 Å². The lowest BCUT2D eigenvalue weighted by molar-refractivity contribution is 0.254. The van der Waals surface area contributed by atoms with Gasteiger partial charge in [0.15, 0.2) is 11.5 Å². The van der Waals surface area contributed by atoms with Crippen LogP contribution in [0.25, 0.3) is 6.08 Å². The van der Waals surface area contributed by atoms with Crippen LogP contribution < -0.4 is 9.47 Å². The van der Waals surface area contributed by atoms with Gasteiger partial charge in [-0.05, 0) is 40.8 Å². The normalized spacial score (nSPS) is 11.9. The summed E-state index contributed by atoms with van der Waals surface area (Å²) >= 11 is 0. The number of methoxy groups -OCH3 is 1. The second kappa shape index (κ2) is 9.98. The molecule has 0 heterocycles. The summed E-state index contributed by atoms with van der Waals surface area (Å²) in [7, 11) is 0.0633. The molecule has 1 rings (SSSR count). The molecule has 0 spiro atoms. The van der Waals surface area contributed by atoms with Crippen LogP contribution in [-0.2, 0) is 4.18 Å². The molecule has 0 radical (unpaired) electrons. The second-order valence-electron chi connectivity index (χ2n) is 4.63. The van der Waals surface area contributed by atoms with Gasteiger partial charge in [-0.2, -0.15) is 0 Å². The highest BCUT2D eigenvalue weighted by Crippen LogP contribution is 2.52. The van der Waals surface area contributed by atoms with E-state index in [0.29, 0.717) is 13.2 Å². The molecule has 0 aliphatic carbocycles. The first-order chi connectivity index (χ1) is 11.1. The maximum atomic E-state index is 5.83. The molecular weight excluding hydrogens is 308 g/mol. The molecule has 1 aromatic carbocycles. The van der Waals surface area contributed by atoms with Crippen molar-refractivity contribution in [2.75, 3.05) is 20.3 Å². The van der Waals surface area contributed by atoms with Crippen LogP contribution in [0.4, 0.5) is 0 Å². The van der Waals surface area contributed by atoms with Gasteiger partial charge in [0, 0.05) is 6.42 Å². The molecule has 4 heteroatoms. The highest BCUT2D eigenvalue weighted by Gasteiger charge is 2.12. The fourth-order valence-corrected chi connectivity index (χ4v) is 3.00. The summed E-state index contributed by atoms with van der Waals surface area (Å²) in [5, 5.41) is 5.28. The highest BCUT2D eigenvalue weighted by atomic mass is 32.3. The molecule has 126 valence electrons. The third-order valence-electron chi connectivity index (χ3n) is 3.16. The van der Waals surface area contributed by atoms with Crippen molar-refractivity contribution in [1.82, 2.24) is 0 Å². The van der Waals surface area contributed by atoms with E-state index in [9.17, 15) is 0 Å². The van der Waals surface area contributed by atoms with Crippen LogP contribution in [-0.4, -0.2) is 20.3 Å². The van der Waals surface area contributed by atoms with Crippen LogP contribution in [0.3, 0.4) is 0 Å². The smallest absolute Gasteiger partial charge is 0.161 e. The Kier molecular flexibility index (Phi) is 8.30. The SMILES string of the molecule is C=CS(C=C)(C=C)OCCCOc1ccc(/C=C/C)cc1OC. The van der Waals surface area contributed by atoms with E-state index in [2.05, 4.69) is 19.7 Å². The van der Waals surface area contributed by atoms with E-state index in [1.54, 1.807) is 23.3 Å². The molecule has 0 aliphatic rings. The topological polar surface area (TPSA) is 27.7 Å². The van der Waals surface area contributed by atoms with Gasteiger partial charge in [-0.3, -0.25) is 0 Å². The van der Waals surface area contributed by atoms with Crippen LogP contribution in [0.5, 0.6) is 11.5 Å². The summed E-state index contributed by atoms with van der Waals surface area (Å²) in [6.45, 7) is 14.4. The van der Waals surface area contributed by atoms with Crippen molar-refractivity contribution >= 4 is 16.4 Å². The van der Waals surface area contributed by atoms with E-state index in [4.69, 9.17) is 13.7 Å². The van der Waals surface area contributed by atoms with Gasteiger partial charge < -0.3 is 13.7 Å². The van der Waals surface area contributed by atoms with Crippen LogP contribution >= 0.6 is 10.3 Å². The standard InChI is InChI=1S/C19H26O3S/c1-6-11-17-12-13-18(19(16-17)20-5)21-14-10-15-22-23(7-2,8-3)9-4/h6-9,11-13,16H,2-4,10,14-15H2,1,5H3/b11-6+. The Morgan fingerprint density at radius 1 is 1.04 bits per heavy atom. The van der Waals surface area contributed by atoms with Gasteiger partial charge in [0.25, 0.3) is 0 Å². The molecule has 0 fully saturated rings. The van der Waals surface area contributed by atoms with Crippen LogP contribution in [0, 0.1) is 0 Å². The van der Waals surface area contributed by atoms with E-state index in [-0.39, 0.29) is 0 Å². The van der Waals surface area contributed by atoms with E-state index >= 15 is 0 Å². The fourth-order valence-electron chi connectivity index (χ4n) is 1.89. The van der Waals surface area contributed by atoms with Crippen molar-refractivity contribution < 1.29 is 13.7 Å². The summed E-state index contributed by atoms with van der Waals surface area (Å²) in [4.78, 5) is 0. The zero-order valence-electron chi connectivity index (χ0n) is 14.0. The Hall–Kier alpha value is -1.91. The maximum Gasteiger partial charge on any atom is 0.161 e. The number of allylic oxidation sites excluding steroid dienone is 1. The predicted molar refractivity (Wildman–Crippen MR) is 102 cm³/mol. The van der Waals surface area contributed by atoms with E-state index in [1.165, 1.54) is 0 Å². The molecule has 0 saturated carbocycles. The molecule has 1 aromatic rings. The first kappa shape index (κ1) is 19.1. The Bertz CT molecular complexity index is 542. The number of rotatable bonds is 11. The summed E-state index contributed by atoms with van der Waals surface area (Å²) in [5.74, 6) is 1.46. The fraction of sp³-hybridized carbons (Fsp3) is 0.263. The molecule has 0 bridgehead atoms. The maximum absolute atomic E-state index is 5.83. The molecule has 3 nitrogen and oxygen atoms in total. The Labute approximate surface area is 141 Å². The second-order valence-corrected chi connectivity index (χ2v) is 7.26. The highest BCUT2D eigenvalue weighted by molar-refractivity contribution is 8.36. The van der Waals surface area contributed by atoms with Crippen LogP contribution in [0.1, 0.15) is 18.9 Å². The number of ether oxygens (including phenoxy) is 2. The van der Waals surface area contributed by atoms with Crippen molar-refractivity contribution in [3.8, 4) is 11.5 Å². The number of hydrogen-bond donors (Lipinski definition) is 0. The van der Waals surface area contributed by atoms with Crippen molar-refractivity contribution in [2.24, 2.45) is 0 Å². The monoisotopic (exact) mass is 334 g/mol.